The molecule has 2 aromatic carbocycles. The molecule has 4 heteroatoms. The van der Waals surface area contributed by atoms with E-state index in [0.717, 1.165) is 22.2 Å². The first kappa shape index (κ1) is 14.4. The van der Waals surface area contributed by atoms with Gasteiger partial charge in [0.25, 0.3) is 0 Å². The lowest BCUT2D eigenvalue weighted by atomic mass is 10.0. The molecule has 0 spiro atoms. The van der Waals surface area contributed by atoms with Gasteiger partial charge in [0.2, 0.25) is 5.69 Å². The molecule has 0 aliphatic rings. The Morgan fingerprint density at radius 2 is 1.92 bits per heavy atom. The van der Waals surface area contributed by atoms with Gasteiger partial charge in [-0.15, -0.1) is 0 Å². The molecule has 0 N–H and O–H groups in total. The topological polar surface area (TPSA) is 21.4 Å². The van der Waals surface area contributed by atoms with Crippen molar-refractivity contribution >= 4 is 27.6 Å². The van der Waals surface area contributed by atoms with E-state index in [9.17, 15) is 4.39 Å². The third kappa shape index (κ3) is 1.99. The molecule has 2 heterocycles. The van der Waals surface area contributed by atoms with E-state index in [1.54, 1.807) is 6.07 Å². The second-order valence-electron chi connectivity index (χ2n) is 5.85. The van der Waals surface area contributed by atoms with Gasteiger partial charge in [-0.3, -0.25) is 0 Å². The molecule has 0 radical (unpaired) electrons. The Bertz CT molecular complexity index is 1150. The maximum atomic E-state index is 14.3. The lowest BCUT2D eigenvalue weighted by molar-refractivity contribution is -0.660. The molecule has 0 amide bonds. The molecule has 116 valence electrons. The molecule has 0 saturated carbocycles. The smallest absolute Gasteiger partial charge is 0.216 e. The zero-order chi connectivity index (χ0) is 16.8. The summed E-state index contributed by atoms with van der Waals surface area (Å²) in [7, 11) is 1.97. The fourth-order valence-corrected chi connectivity index (χ4v) is 3.15. The lowest BCUT2D eigenvalue weighted by Gasteiger charge is -2.04. The van der Waals surface area contributed by atoms with E-state index in [1.165, 1.54) is 6.07 Å². The third-order valence-corrected chi connectivity index (χ3v) is 4.33. The molecular formula is C20H14FN2O+. The Morgan fingerprint density at radius 3 is 2.67 bits per heavy atom. The molecule has 0 aliphatic heterocycles. The zero-order valence-electron chi connectivity index (χ0n) is 13.3. The average Bonchev–Trinajstić information content (AvgIpc) is 2.95. The number of fused-ring (bicyclic) bond motifs is 3. The summed E-state index contributed by atoms with van der Waals surface area (Å²) in [5.74, 6) is -0.504. The van der Waals surface area contributed by atoms with Gasteiger partial charge in [0, 0.05) is 22.9 Å². The van der Waals surface area contributed by atoms with Gasteiger partial charge in [0.05, 0.1) is 12.1 Å². The average molecular weight is 317 g/mol. The van der Waals surface area contributed by atoms with Crippen LogP contribution in [0.25, 0.3) is 38.0 Å². The molecule has 3 nitrogen and oxygen atoms in total. The van der Waals surface area contributed by atoms with Crippen LogP contribution in [0.4, 0.5) is 10.1 Å². The van der Waals surface area contributed by atoms with Gasteiger partial charge in [-0.05, 0) is 30.7 Å². The number of rotatable bonds is 1. The van der Waals surface area contributed by atoms with Crippen molar-refractivity contribution < 1.29 is 13.4 Å². The third-order valence-electron chi connectivity index (χ3n) is 4.33. The quantitative estimate of drug-likeness (QED) is 0.354. The lowest BCUT2D eigenvalue weighted by Crippen LogP contribution is -2.30. The normalized spacial score (nSPS) is 11.1. The maximum Gasteiger partial charge on any atom is 0.216 e. The molecule has 2 aromatic heterocycles. The number of halogens is 1. The van der Waals surface area contributed by atoms with Crippen molar-refractivity contribution in [2.24, 2.45) is 7.05 Å². The number of furan rings is 1. The number of aromatic nitrogens is 1. The van der Waals surface area contributed by atoms with Crippen LogP contribution in [0.15, 0.2) is 53.1 Å². The number of hydrogen-bond acceptors (Lipinski definition) is 1. The van der Waals surface area contributed by atoms with Crippen molar-refractivity contribution in [3.8, 4) is 11.3 Å². The summed E-state index contributed by atoms with van der Waals surface area (Å²) in [5.41, 5.74) is 4.10. The van der Waals surface area contributed by atoms with Crippen LogP contribution in [0, 0.1) is 19.3 Å². The minimum Gasteiger partial charge on any atom is -0.452 e. The van der Waals surface area contributed by atoms with Crippen LogP contribution in [0.1, 0.15) is 5.56 Å². The molecule has 4 rings (SSSR count). The van der Waals surface area contributed by atoms with Crippen LogP contribution in [-0.2, 0) is 7.05 Å². The summed E-state index contributed by atoms with van der Waals surface area (Å²) in [6, 6.07) is 12.8. The van der Waals surface area contributed by atoms with Gasteiger partial charge in [-0.25, -0.2) is 13.8 Å². The summed E-state index contributed by atoms with van der Waals surface area (Å²) in [6.07, 6.45) is 1.97. The molecule has 0 fully saturated rings. The van der Waals surface area contributed by atoms with Gasteiger partial charge in [0.1, 0.15) is 12.6 Å². The highest BCUT2D eigenvalue weighted by Crippen LogP contribution is 2.39. The Labute approximate surface area is 138 Å². The zero-order valence-corrected chi connectivity index (χ0v) is 13.3. The van der Waals surface area contributed by atoms with Gasteiger partial charge in [-0.1, -0.05) is 12.1 Å². The maximum absolute atomic E-state index is 14.3. The Morgan fingerprint density at radius 1 is 1.08 bits per heavy atom. The molecular weight excluding hydrogens is 303 g/mol. The van der Waals surface area contributed by atoms with Crippen molar-refractivity contribution in [3.63, 3.8) is 0 Å². The van der Waals surface area contributed by atoms with Crippen molar-refractivity contribution in [1.29, 1.82) is 0 Å². The summed E-state index contributed by atoms with van der Waals surface area (Å²) in [5, 5.41) is 1.45. The first-order valence-corrected chi connectivity index (χ1v) is 7.58. The molecule has 0 bridgehead atoms. The van der Waals surface area contributed by atoms with Crippen molar-refractivity contribution in [3.05, 3.63) is 71.5 Å². The van der Waals surface area contributed by atoms with Crippen LogP contribution >= 0.6 is 0 Å². The minimum absolute atomic E-state index is 0.197. The van der Waals surface area contributed by atoms with Gasteiger partial charge in [0.15, 0.2) is 23.3 Å². The van der Waals surface area contributed by atoms with Gasteiger partial charge in [-0.2, -0.15) is 0 Å². The van der Waals surface area contributed by atoms with Gasteiger partial charge >= 0.3 is 0 Å². The van der Waals surface area contributed by atoms with E-state index in [0.29, 0.717) is 11.0 Å². The Hall–Kier alpha value is -3.19. The number of hydrogen-bond donors (Lipinski definition) is 0. The number of benzene rings is 2. The molecule has 0 unspecified atom stereocenters. The van der Waals surface area contributed by atoms with E-state index in [1.807, 2.05) is 55.1 Å². The van der Waals surface area contributed by atoms with Gasteiger partial charge < -0.3 is 4.42 Å². The largest absolute Gasteiger partial charge is 0.452 e. The SMILES string of the molecule is [C-]#[N+]c1cc(F)c2oc3c(-c4cccc[n+]4C)c(C)ccc3c2c1. The van der Waals surface area contributed by atoms with Crippen LogP contribution in [-0.4, -0.2) is 0 Å². The van der Waals surface area contributed by atoms with E-state index in [2.05, 4.69) is 4.85 Å². The van der Waals surface area contributed by atoms with Crippen LogP contribution < -0.4 is 4.57 Å². The first-order chi connectivity index (χ1) is 11.6. The minimum atomic E-state index is -0.504. The summed E-state index contributed by atoms with van der Waals surface area (Å²) in [6.45, 7) is 9.15. The van der Waals surface area contributed by atoms with Crippen LogP contribution in [0.2, 0.25) is 0 Å². The standard InChI is InChI=1S/C20H14FN2O/c1-12-7-8-14-15-10-13(22-2)11-16(21)19(15)24-20(14)18(12)17-6-4-5-9-23(17)3/h4-11H,1,3H3/q+1. The monoisotopic (exact) mass is 317 g/mol. The highest BCUT2D eigenvalue weighted by molar-refractivity contribution is 6.10. The Kier molecular flexibility index (Phi) is 3.10. The second-order valence-corrected chi connectivity index (χ2v) is 5.85. The highest BCUT2D eigenvalue weighted by atomic mass is 19.1. The fourth-order valence-electron chi connectivity index (χ4n) is 3.15. The van der Waals surface area contributed by atoms with E-state index < -0.39 is 5.82 Å². The van der Waals surface area contributed by atoms with Crippen LogP contribution in [0.3, 0.4) is 0 Å². The fraction of sp³-hybridized carbons (Fsp3) is 0.100. The van der Waals surface area contributed by atoms with Crippen LogP contribution in [0.5, 0.6) is 0 Å². The summed E-state index contributed by atoms with van der Waals surface area (Å²) < 4.78 is 22.3. The molecule has 24 heavy (non-hydrogen) atoms. The molecule has 4 aromatic rings. The molecule has 0 atom stereocenters. The van der Waals surface area contributed by atoms with E-state index in [-0.39, 0.29) is 11.3 Å². The Balaban J connectivity index is 2.18. The van der Waals surface area contributed by atoms with E-state index >= 15 is 0 Å². The number of nitrogens with zero attached hydrogens (tertiary/aromatic N) is 2. The number of pyridine rings is 1. The predicted octanol–water partition coefficient (Wildman–Crippen LogP) is 5.08. The summed E-state index contributed by atoms with van der Waals surface area (Å²) in [4.78, 5) is 3.34. The summed E-state index contributed by atoms with van der Waals surface area (Å²) >= 11 is 0. The van der Waals surface area contributed by atoms with Crippen molar-refractivity contribution in [2.75, 3.05) is 0 Å². The number of aryl methyl sites for hydroxylation is 2. The van der Waals surface area contributed by atoms with E-state index in [4.69, 9.17) is 11.0 Å². The predicted molar refractivity (Wildman–Crippen MR) is 91.3 cm³/mol. The highest BCUT2D eigenvalue weighted by Gasteiger charge is 2.21. The van der Waals surface area contributed by atoms with Crippen molar-refractivity contribution in [1.82, 2.24) is 0 Å². The van der Waals surface area contributed by atoms with Crippen molar-refractivity contribution in [2.45, 2.75) is 6.92 Å². The molecule has 0 aliphatic carbocycles. The first-order valence-electron chi connectivity index (χ1n) is 7.58. The molecule has 0 saturated heterocycles. The second kappa shape index (κ2) is 5.17.